The Labute approximate surface area is 113 Å². The topological polar surface area (TPSA) is 61.6 Å². The van der Waals surface area contributed by atoms with Gasteiger partial charge in [0.25, 0.3) is 0 Å². The SMILES string of the molecule is CCNC(C#N)(CC)CCCSc1cnccn1. The normalized spacial score (nSPS) is 13.8. The monoisotopic (exact) mass is 264 g/mol. The van der Waals surface area contributed by atoms with E-state index >= 15 is 0 Å². The molecule has 1 rings (SSSR count). The molecule has 0 saturated heterocycles. The van der Waals surface area contributed by atoms with Crippen LogP contribution >= 0.6 is 11.8 Å². The molecule has 0 aliphatic heterocycles. The zero-order chi connectivity index (χ0) is 13.3. The molecule has 1 N–H and O–H groups in total. The van der Waals surface area contributed by atoms with Gasteiger partial charge in [0.05, 0.1) is 12.3 Å². The zero-order valence-corrected chi connectivity index (χ0v) is 11.8. The van der Waals surface area contributed by atoms with E-state index in [-0.39, 0.29) is 5.54 Å². The lowest BCUT2D eigenvalue weighted by molar-refractivity contribution is 0.379. The van der Waals surface area contributed by atoms with Gasteiger partial charge in [-0.25, -0.2) is 4.98 Å². The van der Waals surface area contributed by atoms with E-state index in [0.717, 1.165) is 36.6 Å². The van der Waals surface area contributed by atoms with Crippen LogP contribution in [-0.2, 0) is 0 Å². The van der Waals surface area contributed by atoms with Gasteiger partial charge < -0.3 is 0 Å². The van der Waals surface area contributed by atoms with E-state index in [9.17, 15) is 5.26 Å². The third kappa shape index (κ3) is 4.63. The summed E-state index contributed by atoms with van der Waals surface area (Å²) in [6.45, 7) is 4.93. The minimum absolute atomic E-state index is 0.363. The first-order valence-corrected chi connectivity index (χ1v) is 7.30. The molecule has 0 amide bonds. The number of hydrogen-bond donors (Lipinski definition) is 1. The van der Waals surface area contributed by atoms with Crippen molar-refractivity contribution in [2.75, 3.05) is 12.3 Å². The molecule has 0 aliphatic rings. The predicted molar refractivity (Wildman–Crippen MR) is 74.3 cm³/mol. The van der Waals surface area contributed by atoms with Gasteiger partial charge >= 0.3 is 0 Å². The summed E-state index contributed by atoms with van der Waals surface area (Å²) >= 11 is 1.69. The lowest BCUT2D eigenvalue weighted by Crippen LogP contribution is -2.43. The molecule has 5 heteroatoms. The van der Waals surface area contributed by atoms with Gasteiger partial charge in [0, 0.05) is 12.4 Å². The highest BCUT2D eigenvalue weighted by atomic mass is 32.2. The molecule has 0 bridgehead atoms. The molecule has 1 aromatic rings. The maximum absolute atomic E-state index is 9.28. The van der Waals surface area contributed by atoms with Crippen LogP contribution in [0, 0.1) is 11.3 Å². The molecular weight excluding hydrogens is 244 g/mol. The van der Waals surface area contributed by atoms with Crippen molar-refractivity contribution >= 4 is 11.8 Å². The van der Waals surface area contributed by atoms with Crippen LogP contribution in [0.4, 0.5) is 0 Å². The second kappa shape index (κ2) is 8.06. The summed E-state index contributed by atoms with van der Waals surface area (Å²) in [5.41, 5.74) is -0.363. The average Bonchev–Trinajstić information content (AvgIpc) is 2.43. The minimum Gasteiger partial charge on any atom is -0.300 e. The van der Waals surface area contributed by atoms with Gasteiger partial charge in [0.2, 0.25) is 0 Å². The number of rotatable bonds is 8. The van der Waals surface area contributed by atoms with E-state index in [1.165, 1.54) is 0 Å². The summed E-state index contributed by atoms with van der Waals surface area (Å²) in [6.07, 6.45) is 7.86. The summed E-state index contributed by atoms with van der Waals surface area (Å²) in [6, 6.07) is 2.42. The van der Waals surface area contributed by atoms with E-state index < -0.39 is 0 Å². The maximum Gasteiger partial charge on any atom is 0.114 e. The smallest absolute Gasteiger partial charge is 0.114 e. The Hall–Kier alpha value is -1.12. The van der Waals surface area contributed by atoms with E-state index in [4.69, 9.17) is 0 Å². The fourth-order valence-corrected chi connectivity index (χ4v) is 2.58. The van der Waals surface area contributed by atoms with Crippen molar-refractivity contribution < 1.29 is 0 Å². The van der Waals surface area contributed by atoms with Gasteiger partial charge in [-0.2, -0.15) is 5.26 Å². The lowest BCUT2D eigenvalue weighted by atomic mass is 9.92. The highest BCUT2D eigenvalue weighted by Crippen LogP contribution is 2.21. The van der Waals surface area contributed by atoms with Crippen LogP contribution in [0.3, 0.4) is 0 Å². The Morgan fingerprint density at radius 3 is 2.83 bits per heavy atom. The first-order chi connectivity index (χ1) is 8.76. The second-order valence-corrected chi connectivity index (χ2v) is 5.19. The zero-order valence-electron chi connectivity index (χ0n) is 11.0. The fraction of sp³-hybridized carbons (Fsp3) is 0.615. The summed E-state index contributed by atoms with van der Waals surface area (Å²) < 4.78 is 0. The van der Waals surface area contributed by atoms with Crippen molar-refractivity contribution in [1.29, 1.82) is 5.26 Å². The molecular formula is C13H20N4S. The van der Waals surface area contributed by atoms with Gasteiger partial charge in [-0.05, 0) is 31.6 Å². The Balaban J connectivity index is 2.34. The molecule has 1 aromatic heterocycles. The Kier molecular flexibility index (Phi) is 6.69. The number of aromatic nitrogens is 2. The molecule has 1 atom stereocenters. The van der Waals surface area contributed by atoms with Crippen molar-refractivity contribution in [3.63, 3.8) is 0 Å². The molecule has 0 aromatic carbocycles. The molecule has 18 heavy (non-hydrogen) atoms. The van der Waals surface area contributed by atoms with Crippen LogP contribution in [0.15, 0.2) is 23.6 Å². The number of nitrogens with zero attached hydrogens (tertiary/aromatic N) is 3. The Morgan fingerprint density at radius 1 is 1.44 bits per heavy atom. The largest absolute Gasteiger partial charge is 0.300 e. The van der Waals surface area contributed by atoms with Gasteiger partial charge in [0.15, 0.2) is 0 Å². The van der Waals surface area contributed by atoms with Crippen LogP contribution in [0.2, 0.25) is 0 Å². The van der Waals surface area contributed by atoms with Crippen LogP contribution in [0.1, 0.15) is 33.1 Å². The van der Waals surface area contributed by atoms with E-state index in [1.807, 2.05) is 6.92 Å². The predicted octanol–water partition coefficient (Wildman–Crippen LogP) is 2.63. The highest BCUT2D eigenvalue weighted by Gasteiger charge is 2.25. The van der Waals surface area contributed by atoms with E-state index in [2.05, 4.69) is 28.3 Å². The van der Waals surface area contributed by atoms with Crippen molar-refractivity contribution in [2.45, 2.75) is 43.7 Å². The standard InChI is InChI=1S/C13H20N4S/c1-3-13(11-14,17-4-2)6-5-9-18-12-10-15-7-8-16-12/h7-8,10,17H,3-6,9H2,1-2H3. The number of nitriles is 1. The van der Waals surface area contributed by atoms with Gasteiger partial charge in [-0.15, -0.1) is 11.8 Å². The van der Waals surface area contributed by atoms with Gasteiger partial charge in [-0.3, -0.25) is 10.3 Å². The average molecular weight is 264 g/mol. The van der Waals surface area contributed by atoms with Crippen LogP contribution < -0.4 is 5.32 Å². The number of thioether (sulfide) groups is 1. The van der Waals surface area contributed by atoms with E-state index in [0.29, 0.717) is 0 Å². The van der Waals surface area contributed by atoms with Crippen LogP contribution in [0.5, 0.6) is 0 Å². The summed E-state index contributed by atoms with van der Waals surface area (Å²) in [5, 5.41) is 13.5. The minimum atomic E-state index is -0.363. The summed E-state index contributed by atoms with van der Waals surface area (Å²) in [4.78, 5) is 8.24. The molecule has 0 spiro atoms. The Bertz CT molecular complexity index is 376. The van der Waals surface area contributed by atoms with Crippen molar-refractivity contribution in [2.24, 2.45) is 0 Å². The lowest BCUT2D eigenvalue weighted by Gasteiger charge is -2.25. The summed E-state index contributed by atoms with van der Waals surface area (Å²) in [5.74, 6) is 0.966. The third-order valence-electron chi connectivity index (χ3n) is 2.87. The molecule has 1 heterocycles. The van der Waals surface area contributed by atoms with Crippen molar-refractivity contribution in [1.82, 2.24) is 15.3 Å². The van der Waals surface area contributed by atoms with Crippen molar-refractivity contribution in [3.05, 3.63) is 18.6 Å². The molecule has 0 saturated carbocycles. The summed E-state index contributed by atoms with van der Waals surface area (Å²) in [7, 11) is 0. The molecule has 4 nitrogen and oxygen atoms in total. The van der Waals surface area contributed by atoms with Crippen molar-refractivity contribution in [3.8, 4) is 6.07 Å². The quantitative estimate of drug-likeness (QED) is 0.577. The van der Waals surface area contributed by atoms with E-state index in [1.54, 1.807) is 30.4 Å². The number of hydrogen-bond acceptors (Lipinski definition) is 5. The maximum atomic E-state index is 9.28. The molecule has 0 fully saturated rings. The first-order valence-electron chi connectivity index (χ1n) is 6.31. The first kappa shape index (κ1) is 14.9. The highest BCUT2D eigenvalue weighted by molar-refractivity contribution is 7.99. The molecule has 1 unspecified atom stereocenters. The van der Waals surface area contributed by atoms with Gasteiger partial charge in [-0.1, -0.05) is 13.8 Å². The molecule has 0 radical (unpaired) electrons. The van der Waals surface area contributed by atoms with Gasteiger partial charge in [0.1, 0.15) is 10.6 Å². The second-order valence-electron chi connectivity index (χ2n) is 4.07. The number of nitrogens with one attached hydrogen (secondary N) is 1. The van der Waals surface area contributed by atoms with Crippen LogP contribution in [-0.4, -0.2) is 27.8 Å². The van der Waals surface area contributed by atoms with Crippen LogP contribution in [0.25, 0.3) is 0 Å². The Morgan fingerprint density at radius 2 is 2.28 bits per heavy atom. The third-order valence-corrected chi connectivity index (χ3v) is 3.87. The fourth-order valence-electron chi connectivity index (χ4n) is 1.81. The molecule has 98 valence electrons. The molecule has 0 aliphatic carbocycles.